The van der Waals surface area contributed by atoms with E-state index < -0.39 is 0 Å². The topological polar surface area (TPSA) is 45.0 Å². The van der Waals surface area contributed by atoms with Crippen LogP contribution in [0.2, 0.25) is 0 Å². The van der Waals surface area contributed by atoms with E-state index in [0.717, 1.165) is 16.6 Å². The Morgan fingerprint density at radius 2 is 2.05 bits per heavy atom. The summed E-state index contributed by atoms with van der Waals surface area (Å²) in [6.45, 7) is 2.11. The first-order valence-electron chi connectivity index (χ1n) is 6.78. The Morgan fingerprint density at radius 3 is 2.67 bits per heavy atom. The lowest BCUT2D eigenvalue weighted by Gasteiger charge is -2.21. The molecule has 21 heavy (non-hydrogen) atoms. The van der Waals surface area contributed by atoms with Crippen LogP contribution in [-0.2, 0) is 0 Å². The lowest BCUT2D eigenvalue weighted by molar-refractivity contribution is 0.415. The first kappa shape index (κ1) is 15.4. The van der Waals surface area contributed by atoms with Crippen molar-refractivity contribution in [3.8, 4) is 11.8 Å². The van der Waals surface area contributed by atoms with Crippen molar-refractivity contribution in [2.24, 2.45) is 0 Å². The van der Waals surface area contributed by atoms with Crippen LogP contribution >= 0.6 is 15.9 Å². The van der Waals surface area contributed by atoms with E-state index in [2.05, 4.69) is 46.4 Å². The molecule has 2 aromatic rings. The lowest BCUT2D eigenvalue weighted by atomic mass is 10.0. The monoisotopic (exact) mass is 344 g/mol. The zero-order chi connectivity index (χ0) is 15.2. The van der Waals surface area contributed by atoms with Gasteiger partial charge in [-0.25, -0.2) is 0 Å². The lowest BCUT2D eigenvalue weighted by Crippen LogP contribution is -2.11. The Hall–Kier alpha value is -1.99. The number of para-hydroxylation sites is 1. The van der Waals surface area contributed by atoms with Gasteiger partial charge in [-0.1, -0.05) is 41.1 Å². The minimum absolute atomic E-state index is 0.117. The van der Waals surface area contributed by atoms with Crippen LogP contribution in [0.25, 0.3) is 0 Å². The molecule has 1 unspecified atom stereocenters. The predicted molar refractivity (Wildman–Crippen MR) is 88.5 cm³/mol. The van der Waals surface area contributed by atoms with Gasteiger partial charge < -0.3 is 10.1 Å². The second-order valence-corrected chi connectivity index (χ2v) is 5.57. The highest BCUT2D eigenvalue weighted by atomic mass is 79.9. The molecule has 1 atom stereocenters. The quantitative estimate of drug-likeness (QED) is 0.839. The summed E-state index contributed by atoms with van der Waals surface area (Å²) in [5.74, 6) is 0.683. The van der Waals surface area contributed by atoms with Gasteiger partial charge in [0.15, 0.2) is 0 Å². The van der Waals surface area contributed by atoms with Gasteiger partial charge in [0.25, 0.3) is 0 Å². The first-order chi connectivity index (χ1) is 10.2. The number of nitrogens with one attached hydrogen (secondary N) is 1. The summed E-state index contributed by atoms with van der Waals surface area (Å²) in [5.41, 5.74) is 2.50. The summed E-state index contributed by atoms with van der Waals surface area (Å²) in [4.78, 5) is 0. The van der Waals surface area contributed by atoms with Gasteiger partial charge in [-0.2, -0.15) is 5.26 Å². The molecule has 2 aromatic carbocycles. The molecule has 0 bridgehead atoms. The number of rotatable bonds is 5. The smallest absolute Gasteiger partial charge is 0.143 e. The van der Waals surface area contributed by atoms with Crippen molar-refractivity contribution < 1.29 is 4.74 Å². The number of anilines is 1. The van der Waals surface area contributed by atoms with E-state index in [-0.39, 0.29) is 6.04 Å². The number of hydrogen-bond acceptors (Lipinski definition) is 3. The number of methoxy groups -OCH3 is 1. The molecular weight excluding hydrogens is 328 g/mol. The SMILES string of the molecule is CCC(Nc1c(C#N)cccc1OC)c1cccc(Br)c1. The maximum absolute atomic E-state index is 9.29. The van der Waals surface area contributed by atoms with Gasteiger partial charge >= 0.3 is 0 Å². The van der Waals surface area contributed by atoms with Crippen LogP contribution in [-0.4, -0.2) is 7.11 Å². The molecule has 0 aromatic heterocycles. The van der Waals surface area contributed by atoms with E-state index in [1.807, 2.05) is 24.3 Å². The average molecular weight is 345 g/mol. The van der Waals surface area contributed by atoms with Crippen molar-refractivity contribution in [1.82, 2.24) is 0 Å². The van der Waals surface area contributed by atoms with Crippen molar-refractivity contribution >= 4 is 21.6 Å². The van der Waals surface area contributed by atoms with Crippen LogP contribution in [0, 0.1) is 11.3 Å². The minimum atomic E-state index is 0.117. The second kappa shape index (κ2) is 7.14. The van der Waals surface area contributed by atoms with E-state index in [9.17, 15) is 5.26 Å². The molecule has 0 radical (unpaired) electrons. The molecule has 0 aliphatic rings. The number of nitrogens with zero attached hydrogens (tertiary/aromatic N) is 1. The fraction of sp³-hybridized carbons (Fsp3) is 0.235. The summed E-state index contributed by atoms with van der Waals surface area (Å²) < 4.78 is 6.41. The number of benzene rings is 2. The van der Waals surface area contributed by atoms with E-state index in [1.54, 1.807) is 13.2 Å². The number of halogens is 1. The van der Waals surface area contributed by atoms with Crippen LogP contribution in [0.5, 0.6) is 5.75 Å². The van der Waals surface area contributed by atoms with Gasteiger partial charge in [0, 0.05) is 4.47 Å². The van der Waals surface area contributed by atoms with E-state index in [0.29, 0.717) is 11.3 Å². The van der Waals surface area contributed by atoms with Gasteiger partial charge in [0.05, 0.1) is 24.4 Å². The van der Waals surface area contributed by atoms with Crippen molar-refractivity contribution in [2.75, 3.05) is 12.4 Å². The van der Waals surface area contributed by atoms with Crippen molar-refractivity contribution in [2.45, 2.75) is 19.4 Å². The molecule has 0 aliphatic carbocycles. The maximum atomic E-state index is 9.29. The molecule has 2 rings (SSSR count). The Morgan fingerprint density at radius 1 is 1.29 bits per heavy atom. The van der Waals surface area contributed by atoms with Crippen LogP contribution in [0.1, 0.15) is 30.5 Å². The Balaban J connectivity index is 2.37. The van der Waals surface area contributed by atoms with Crippen LogP contribution < -0.4 is 10.1 Å². The number of hydrogen-bond donors (Lipinski definition) is 1. The average Bonchev–Trinajstić information content (AvgIpc) is 2.52. The van der Waals surface area contributed by atoms with Gasteiger partial charge in [-0.3, -0.25) is 0 Å². The van der Waals surface area contributed by atoms with Gasteiger partial charge in [0.1, 0.15) is 11.8 Å². The summed E-state index contributed by atoms with van der Waals surface area (Å²) in [6, 6.07) is 16.0. The third-order valence-electron chi connectivity index (χ3n) is 3.34. The zero-order valence-corrected chi connectivity index (χ0v) is 13.6. The summed E-state index contributed by atoms with van der Waals surface area (Å²) >= 11 is 3.50. The zero-order valence-electron chi connectivity index (χ0n) is 12.1. The Kier molecular flexibility index (Phi) is 5.24. The molecular formula is C17H17BrN2O. The van der Waals surface area contributed by atoms with Crippen LogP contribution in [0.15, 0.2) is 46.9 Å². The van der Waals surface area contributed by atoms with Crippen LogP contribution in [0.3, 0.4) is 0 Å². The summed E-state index contributed by atoms with van der Waals surface area (Å²) in [7, 11) is 1.61. The molecule has 0 spiro atoms. The molecule has 0 saturated carbocycles. The molecule has 108 valence electrons. The first-order valence-corrected chi connectivity index (χ1v) is 7.58. The molecule has 0 fully saturated rings. The molecule has 0 heterocycles. The predicted octanol–water partition coefficient (Wildman–Crippen LogP) is 4.89. The molecule has 3 nitrogen and oxygen atoms in total. The van der Waals surface area contributed by atoms with Crippen molar-refractivity contribution in [3.05, 3.63) is 58.1 Å². The van der Waals surface area contributed by atoms with E-state index in [4.69, 9.17) is 4.74 Å². The van der Waals surface area contributed by atoms with E-state index in [1.165, 1.54) is 5.56 Å². The Bertz CT molecular complexity index is 664. The standard InChI is InChI=1S/C17H17BrN2O/c1-3-15(12-6-4-8-14(18)10-12)20-17-13(11-19)7-5-9-16(17)21-2/h4-10,15,20H,3H2,1-2H3. The summed E-state index contributed by atoms with van der Waals surface area (Å²) in [6.07, 6.45) is 0.902. The molecule has 0 amide bonds. The molecule has 1 N–H and O–H groups in total. The largest absolute Gasteiger partial charge is 0.495 e. The van der Waals surface area contributed by atoms with Gasteiger partial charge in [-0.05, 0) is 36.2 Å². The molecule has 4 heteroatoms. The number of nitriles is 1. The summed E-state index contributed by atoms with van der Waals surface area (Å²) in [5, 5.41) is 12.7. The fourth-order valence-electron chi connectivity index (χ4n) is 2.26. The Labute approximate surface area is 133 Å². The van der Waals surface area contributed by atoms with Gasteiger partial charge in [-0.15, -0.1) is 0 Å². The third-order valence-corrected chi connectivity index (χ3v) is 3.84. The second-order valence-electron chi connectivity index (χ2n) is 4.65. The van der Waals surface area contributed by atoms with E-state index >= 15 is 0 Å². The minimum Gasteiger partial charge on any atom is -0.495 e. The maximum Gasteiger partial charge on any atom is 0.143 e. The highest BCUT2D eigenvalue weighted by Gasteiger charge is 2.15. The fourth-order valence-corrected chi connectivity index (χ4v) is 2.68. The highest BCUT2D eigenvalue weighted by Crippen LogP contribution is 2.33. The van der Waals surface area contributed by atoms with Crippen molar-refractivity contribution in [3.63, 3.8) is 0 Å². The molecule has 0 saturated heterocycles. The van der Waals surface area contributed by atoms with Crippen molar-refractivity contribution in [1.29, 1.82) is 5.26 Å². The van der Waals surface area contributed by atoms with Gasteiger partial charge in [0.2, 0.25) is 0 Å². The number of ether oxygens (including phenoxy) is 1. The molecule has 0 aliphatic heterocycles. The highest BCUT2D eigenvalue weighted by molar-refractivity contribution is 9.10. The third kappa shape index (κ3) is 3.56. The van der Waals surface area contributed by atoms with Crippen LogP contribution in [0.4, 0.5) is 5.69 Å². The normalized spacial score (nSPS) is 11.5.